The molecular weight excluding hydrogens is 757 g/mol. The van der Waals surface area contributed by atoms with Crippen molar-refractivity contribution in [2.24, 2.45) is 17.3 Å². The van der Waals surface area contributed by atoms with E-state index in [0.29, 0.717) is 35.8 Å². The maximum absolute atomic E-state index is 14.6. The van der Waals surface area contributed by atoms with Crippen molar-refractivity contribution in [1.29, 1.82) is 0 Å². The number of nitrogens with one attached hydrogen (secondary N) is 1. The maximum atomic E-state index is 14.6. The number of fused-ring (bicyclic) bond motifs is 4. The number of hydrogen-bond acceptors (Lipinski definition) is 8. The Morgan fingerprint density at radius 2 is 1.65 bits per heavy atom. The number of aliphatic hydroxyl groups excluding tert-OH is 1. The first-order chi connectivity index (χ1) is 28.8. The molecule has 8 atom stereocenters. The number of nitrogens with zero attached hydrogens (tertiary/aromatic N) is 1. The highest BCUT2D eigenvalue weighted by Gasteiger charge is 2.57. The van der Waals surface area contributed by atoms with Gasteiger partial charge in [0, 0.05) is 44.8 Å². The largest absolute Gasteiger partial charge is 0.456 e. The molecule has 2 saturated carbocycles. The molecule has 10 nitrogen and oxygen atoms in total. The summed E-state index contributed by atoms with van der Waals surface area (Å²) in [6.07, 6.45) is 8.83. The molecule has 6 aliphatic rings. The van der Waals surface area contributed by atoms with Crippen LogP contribution in [-0.2, 0) is 47.8 Å². The predicted molar refractivity (Wildman–Crippen MR) is 227 cm³/mol. The number of aliphatic hydroxyl groups is 1. The Morgan fingerprint density at radius 1 is 0.933 bits per heavy atom. The Balaban J connectivity index is 0.999. The van der Waals surface area contributed by atoms with Crippen LogP contribution in [0.25, 0.3) is 6.08 Å². The van der Waals surface area contributed by atoms with E-state index in [1.807, 2.05) is 66.7 Å². The number of carbonyl (C=O) groups excluding carboxylic acids is 3. The molecule has 0 bridgehead atoms. The van der Waals surface area contributed by atoms with E-state index in [0.717, 1.165) is 54.4 Å². The fourth-order valence-corrected chi connectivity index (χ4v) is 11.0. The van der Waals surface area contributed by atoms with E-state index in [-0.39, 0.29) is 54.9 Å². The average Bonchev–Trinajstić information content (AvgIpc) is 3.52. The summed E-state index contributed by atoms with van der Waals surface area (Å²) in [6.45, 7) is 6.86. The van der Waals surface area contributed by atoms with Crippen molar-refractivity contribution >= 4 is 23.9 Å². The SMILES string of the molecule is CN(C(=O)C1=C[C@H]2OC3(Cc4ccccc4C3)O[C@H]2[C@H](OC(=O)c2ccccc2C=C2CCC3O[C@]3(C)CC[C@@H]3[C@@H]2CC3(C)C)C1)[C@H](Cc1ccccc1)C(=O)NCCO. The monoisotopic (exact) mass is 814 g/mol. The molecule has 60 heavy (non-hydrogen) atoms. The lowest BCUT2D eigenvalue weighted by molar-refractivity contribution is -0.172. The van der Waals surface area contributed by atoms with Gasteiger partial charge in [-0.3, -0.25) is 9.59 Å². The molecule has 2 saturated heterocycles. The highest BCUT2D eigenvalue weighted by atomic mass is 16.8. The number of likely N-dealkylation sites (N-methyl/N-ethyl adjacent to an activating group) is 1. The topological polar surface area (TPSA) is 127 Å². The molecule has 3 aromatic rings. The van der Waals surface area contributed by atoms with E-state index in [1.54, 1.807) is 13.1 Å². The Hall–Kier alpha value is -4.61. The van der Waals surface area contributed by atoms with E-state index < -0.39 is 36.1 Å². The van der Waals surface area contributed by atoms with Gasteiger partial charge in [0.25, 0.3) is 0 Å². The molecule has 2 amide bonds. The zero-order valence-corrected chi connectivity index (χ0v) is 35.2. The number of amides is 2. The molecule has 1 spiro atoms. The second-order valence-corrected chi connectivity index (χ2v) is 18.9. The van der Waals surface area contributed by atoms with Crippen molar-refractivity contribution < 1.29 is 38.4 Å². The molecule has 0 aromatic heterocycles. The van der Waals surface area contributed by atoms with Gasteiger partial charge in [-0.05, 0) is 90.7 Å². The second kappa shape index (κ2) is 16.0. The Morgan fingerprint density at radius 3 is 2.38 bits per heavy atom. The lowest BCUT2D eigenvalue weighted by Gasteiger charge is -2.53. The van der Waals surface area contributed by atoms with Gasteiger partial charge in [0.1, 0.15) is 24.4 Å². The van der Waals surface area contributed by atoms with Crippen molar-refractivity contribution in [3.05, 3.63) is 124 Å². The second-order valence-electron chi connectivity index (χ2n) is 18.9. The van der Waals surface area contributed by atoms with Crippen molar-refractivity contribution in [2.75, 3.05) is 20.2 Å². The molecule has 0 radical (unpaired) electrons. The molecule has 2 aliphatic heterocycles. The fourth-order valence-electron chi connectivity index (χ4n) is 11.0. The summed E-state index contributed by atoms with van der Waals surface area (Å²) in [5, 5.41) is 12.2. The summed E-state index contributed by atoms with van der Waals surface area (Å²) in [6, 6.07) is 24.5. The van der Waals surface area contributed by atoms with Crippen LogP contribution < -0.4 is 5.32 Å². The number of allylic oxidation sites excluding steroid dienone is 1. The van der Waals surface area contributed by atoms with Crippen LogP contribution in [-0.4, -0.2) is 89.8 Å². The summed E-state index contributed by atoms with van der Waals surface area (Å²) in [5.41, 5.74) is 6.46. The van der Waals surface area contributed by atoms with Crippen LogP contribution in [0.3, 0.4) is 0 Å². The molecule has 4 aliphatic carbocycles. The van der Waals surface area contributed by atoms with Crippen LogP contribution in [0.2, 0.25) is 0 Å². The smallest absolute Gasteiger partial charge is 0.339 e. The highest BCUT2D eigenvalue weighted by molar-refractivity contribution is 5.98. The Bertz CT molecular complexity index is 2170. The number of esters is 1. The van der Waals surface area contributed by atoms with Crippen LogP contribution in [0.15, 0.2) is 96.1 Å². The minimum absolute atomic E-state index is 0.0181. The van der Waals surface area contributed by atoms with Gasteiger partial charge in [0.05, 0.1) is 23.9 Å². The first-order valence-corrected chi connectivity index (χ1v) is 21.9. The summed E-state index contributed by atoms with van der Waals surface area (Å²) in [7, 11) is 1.62. The third-order valence-corrected chi connectivity index (χ3v) is 14.4. The van der Waals surface area contributed by atoms with Gasteiger partial charge in [-0.25, -0.2) is 4.79 Å². The van der Waals surface area contributed by atoms with Gasteiger partial charge in [-0.2, -0.15) is 0 Å². The standard InChI is InChI=1S/C50H58N2O8/c1-48(2)30-38-33(18-19-43-49(3,59-43)21-20-39(38)48)25-32-14-10-11-17-37(32)47(56)57-41-26-36(27-42-44(41)60-50(58-42)28-34-15-8-9-16-35(34)29-50)46(55)52(4)40(45(54)51-22-23-53)24-31-12-6-5-7-13-31/h5-17,25,27,38-44,53H,18-24,26,28-30H2,1-4H3,(H,51,54)/t38-,39-,40-,41-,42-,43?,44+,49-/m1/s1. The molecule has 4 fully saturated rings. The Labute approximate surface area is 353 Å². The van der Waals surface area contributed by atoms with Crippen LogP contribution in [0.5, 0.6) is 0 Å². The van der Waals surface area contributed by atoms with Crippen molar-refractivity contribution in [3.8, 4) is 0 Å². The molecule has 2 heterocycles. The van der Waals surface area contributed by atoms with Gasteiger partial charge in [-0.1, -0.05) is 98.3 Å². The van der Waals surface area contributed by atoms with Crippen LogP contribution in [0, 0.1) is 17.3 Å². The van der Waals surface area contributed by atoms with Crippen LogP contribution in [0.4, 0.5) is 0 Å². The third-order valence-electron chi connectivity index (χ3n) is 14.4. The number of epoxide rings is 1. The lowest BCUT2D eigenvalue weighted by Crippen LogP contribution is -2.51. The van der Waals surface area contributed by atoms with Crippen molar-refractivity contribution in [1.82, 2.24) is 10.2 Å². The Kier molecular flexibility index (Phi) is 10.9. The zero-order valence-electron chi connectivity index (χ0n) is 35.2. The van der Waals surface area contributed by atoms with Crippen LogP contribution >= 0.6 is 0 Å². The third kappa shape index (κ3) is 7.88. The minimum Gasteiger partial charge on any atom is -0.456 e. The normalized spacial score (nSPS) is 30.5. The van der Waals surface area contributed by atoms with E-state index in [9.17, 15) is 19.5 Å². The first kappa shape index (κ1) is 40.8. The van der Waals surface area contributed by atoms with Crippen molar-refractivity contribution in [2.45, 2.75) is 120 Å². The van der Waals surface area contributed by atoms with E-state index >= 15 is 0 Å². The molecule has 316 valence electrons. The van der Waals surface area contributed by atoms with E-state index in [4.69, 9.17) is 18.9 Å². The van der Waals surface area contributed by atoms with Gasteiger partial charge >= 0.3 is 5.97 Å². The summed E-state index contributed by atoms with van der Waals surface area (Å²) in [4.78, 5) is 44.1. The summed E-state index contributed by atoms with van der Waals surface area (Å²) < 4.78 is 26.3. The fraction of sp³-hybridized carbons (Fsp3) is 0.500. The summed E-state index contributed by atoms with van der Waals surface area (Å²) >= 11 is 0. The van der Waals surface area contributed by atoms with Gasteiger partial charge in [-0.15, -0.1) is 0 Å². The zero-order chi connectivity index (χ0) is 41.8. The van der Waals surface area contributed by atoms with Crippen LogP contribution in [0.1, 0.15) is 91.9 Å². The number of carbonyl (C=O) groups is 3. The molecule has 2 N–H and O–H groups in total. The average molecular weight is 815 g/mol. The van der Waals surface area contributed by atoms with Crippen molar-refractivity contribution in [3.63, 3.8) is 0 Å². The number of ether oxygens (including phenoxy) is 4. The molecule has 3 aromatic carbocycles. The van der Waals surface area contributed by atoms with Gasteiger partial charge in [0.2, 0.25) is 11.8 Å². The first-order valence-electron chi connectivity index (χ1n) is 21.9. The van der Waals surface area contributed by atoms with E-state index in [2.05, 4.69) is 44.3 Å². The number of benzene rings is 3. The lowest BCUT2D eigenvalue weighted by atomic mass is 9.52. The summed E-state index contributed by atoms with van der Waals surface area (Å²) in [5.74, 6) is -1.16. The van der Waals surface area contributed by atoms with Gasteiger partial charge in [0.15, 0.2) is 5.79 Å². The molecule has 1 unspecified atom stereocenters. The quantitative estimate of drug-likeness (QED) is 0.170. The van der Waals surface area contributed by atoms with Gasteiger partial charge < -0.3 is 34.3 Å². The number of hydrogen-bond donors (Lipinski definition) is 2. The maximum Gasteiger partial charge on any atom is 0.339 e. The minimum atomic E-state index is -0.960. The predicted octanol–water partition coefficient (Wildman–Crippen LogP) is 6.78. The highest BCUT2D eigenvalue weighted by Crippen LogP contribution is 2.60. The molecular formula is C50H58N2O8. The molecule has 10 heteroatoms. The number of rotatable bonds is 10. The van der Waals surface area contributed by atoms with E-state index in [1.165, 1.54) is 10.5 Å². The molecule has 9 rings (SSSR count).